The van der Waals surface area contributed by atoms with Crippen LogP contribution in [0.1, 0.15) is 48.0 Å². The number of carbonyl (C=O) groups excluding carboxylic acids is 3. The number of benzene rings is 2. The van der Waals surface area contributed by atoms with Crippen LogP contribution < -0.4 is 20.3 Å². The first-order chi connectivity index (χ1) is 15.0. The van der Waals surface area contributed by atoms with Gasteiger partial charge in [0, 0.05) is 36.8 Å². The summed E-state index contributed by atoms with van der Waals surface area (Å²) < 4.78 is 5.46. The molecule has 0 bridgehead atoms. The zero-order valence-electron chi connectivity index (χ0n) is 17.6. The minimum atomic E-state index is -0.238. The molecule has 0 saturated heterocycles. The van der Waals surface area contributed by atoms with Crippen molar-refractivity contribution in [3.8, 4) is 5.75 Å². The zero-order chi connectivity index (χ0) is 21.8. The first kappa shape index (κ1) is 20.9. The highest BCUT2D eigenvalue weighted by Gasteiger charge is 2.23. The fourth-order valence-electron chi connectivity index (χ4n) is 4.03. The summed E-state index contributed by atoms with van der Waals surface area (Å²) in [6.07, 6.45) is 5.44. The second-order valence-corrected chi connectivity index (χ2v) is 8.13. The Labute approximate surface area is 181 Å². The Morgan fingerprint density at radius 1 is 1.06 bits per heavy atom. The largest absolute Gasteiger partial charge is 0.481 e. The molecule has 1 aliphatic carbocycles. The van der Waals surface area contributed by atoms with Gasteiger partial charge in [-0.1, -0.05) is 31.4 Å². The molecule has 1 fully saturated rings. The molecule has 2 N–H and O–H groups in total. The average molecular weight is 421 g/mol. The molecule has 7 nitrogen and oxygen atoms in total. The molecule has 162 valence electrons. The lowest BCUT2D eigenvalue weighted by atomic mass is 9.88. The highest BCUT2D eigenvalue weighted by atomic mass is 16.5. The SMILES string of the molecule is CN1C(=O)COc2cc(NC(=O)c3ccc(CNC(=O)C4CCCCC4)cc3)ccc21. The van der Waals surface area contributed by atoms with Crippen molar-refractivity contribution in [3.63, 3.8) is 0 Å². The van der Waals surface area contributed by atoms with Gasteiger partial charge in [-0.3, -0.25) is 14.4 Å². The minimum absolute atomic E-state index is 0.0142. The number of amides is 3. The van der Waals surface area contributed by atoms with Crippen molar-refractivity contribution in [1.29, 1.82) is 0 Å². The summed E-state index contributed by atoms with van der Waals surface area (Å²) in [6, 6.07) is 12.4. The molecule has 0 unspecified atom stereocenters. The Morgan fingerprint density at radius 2 is 1.81 bits per heavy atom. The maximum absolute atomic E-state index is 12.6. The highest BCUT2D eigenvalue weighted by Crippen LogP contribution is 2.33. The molecule has 2 aromatic rings. The van der Waals surface area contributed by atoms with Crippen LogP contribution in [-0.4, -0.2) is 31.4 Å². The van der Waals surface area contributed by atoms with Crippen molar-refractivity contribution in [2.24, 2.45) is 5.92 Å². The molecule has 1 saturated carbocycles. The number of ether oxygens (including phenoxy) is 1. The van der Waals surface area contributed by atoms with Gasteiger partial charge in [0.2, 0.25) is 5.91 Å². The number of nitrogens with zero attached hydrogens (tertiary/aromatic N) is 1. The molecule has 0 atom stereocenters. The number of hydrogen-bond acceptors (Lipinski definition) is 4. The fraction of sp³-hybridized carbons (Fsp3) is 0.375. The van der Waals surface area contributed by atoms with Gasteiger partial charge in [0.05, 0.1) is 5.69 Å². The van der Waals surface area contributed by atoms with Crippen LogP contribution in [0.25, 0.3) is 0 Å². The molecule has 0 spiro atoms. The molecule has 0 aromatic heterocycles. The monoisotopic (exact) mass is 421 g/mol. The molecule has 4 rings (SSSR count). The topological polar surface area (TPSA) is 87.7 Å². The smallest absolute Gasteiger partial charge is 0.264 e. The van der Waals surface area contributed by atoms with E-state index >= 15 is 0 Å². The van der Waals surface area contributed by atoms with E-state index in [0.717, 1.165) is 31.2 Å². The average Bonchev–Trinajstić information content (AvgIpc) is 2.81. The molecule has 0 radical (unpaired) electrons. The van der Waals surface area contributed by atoms with Gasteiger partial charge in [-0.2, -0.15) is 0 Å². The lowest BCUT2D eigenvalue weighted by Gasteiger charge is -2.26. The third kappa shape index (κ3) is 4.87. The van der Waals surface area contributed by atoms with Gasteiger partial charge in [0.15, 0.2) is 6.61 Å². The number of fused-ring (bicyclic) bond motifs is 1. The van der Waals surface area contributed by atoms with Crippen LogP contribution in [0.5, 0.6) is 5.75 Å². The summed E-state index contributed by atoms with van der Waals surface area (Å²) in [7, 11) is 1.70. The lowest BCUT2D eigenvalue weighted by molar-refractivity contribution is -0.126. The number of nitrogens with one attached hydrogen (secondary N) is 2. The van der Waals surface area contributed by atoms with E-state index in [0.29, 0.717) is 29.2 Å². The van der Waals surface area contributed by atoms with Crippen LogP contribution in [0.15, 0.2) is 42.5 Å². The summed E-state index contributed by atoms with van der Waals surface area (Å²) in [6.45, 7) is 0.450. The Kier molecular flexibility index (Phi) is 6.21. The number of hydrogen-bond donors (Lipinski definition) is 2. The van der Waals surface area contributed by atoms with E-state index in [1.165, 1.54) is 11.3 Å². The Balaban J connectivity index is 1.33. The van der Waals surface area contributed by atoms with Crippen LogP contribution in [0.2, 0.25) is 0 Å². The maximum Gasteiger partial charge on any atom is 0.264 e. The summed E-state index contributed by atoms with van der Waals surface area (Å²) >= 11 is 0. The Hall–Kier alpha value is -3.35. The van der Waals surface area contributed by atoms with E-state index in [4.69, 9.17) is 4.74 Å². The molecular formula is C24H27N3O4. The number of carbonyl (C=O) groups is 3. The predicted octanol–water partition coefficient (Wildman–Crippen LogP) is 3.49. The van der Waals surface area contributed by atoms with Gasteiger partial charge in [-0.15, -0.1) is 0 Å². The second-order valence-electron chi connectivity index (χ2n) is 8.13. The molecule has 2 aliphatic rings. The van der Waals surface area contributed by atoms with E-state index in [1.807, 2.05) is 12.1 Å². The van der Waals surface area contributed by atoms with Crippen LogP contribution in [0.3, 0.4) is 0 Å². The Bertz CT molecular complexity index is 981. The van der Waals surface area contributed by atoms with Crippen LogP contribution in [-0.2, 0) is 16.1 Å². The van der Waals surface area contributed by atoms with Crippen LogP contribution in [0, 0.1) is 5.92 Å². The molecule has 31 heavy (non-hydrogen) atoms. The zero-order valence-corrected chi connectivity index (χ0v) is 17.6. The molecule has 7 heteroatoms. The van der Waals surface area contributed by atoms with Gasteiger partial charge in [-0.05, 0) is 42.7 Å². The Morgan fingerprint density at radius 3 is 2.55 bits per heavy atom. The third-order valence-electron chi connectivity index (χ3n) is 5.96. The van der Waals surface area contributed by atoms with E-state index in [-0.39, 0.29) is 30.2 Å². The summed E-state index contributed by atoms with van der Waals surface area (Å²) in [5, 5.41) is 5.87. The molecule has 1 heterocycles. The predicted molar refractivity (Wildman–Crippen MR) is 118 cm³/mol. The van der Waals surface area contributed by atoms with Gasteiger partial charge < -0.3 is 20.3 Å². The summed E-state index contributed by atoms with van der Waals surface area (Å²) in [5.41, 5.74) is 2.74. The number of likely N-dealkylation sites (N-methyl/N-ethyl adjacent to an activating group) is 1. The van der Waals surface area contributed by atoms with E-state index in [1.54, 1.807) is 37.4 Å². The minimum Gasteiger partial charge on any atom is -0.481 e. The maximum atomic E-state index is 12.6. The van der Waals surface area contributed by atoms with Crippen molar-refractivity contribution < 1.29 is 19.1 Å². The van der Waals surface area contributed by atoms with Crippen molar-refractivity contribution in [3.05, 3.63) is 53.6 Å². The quantitative estimate of drug-likeness (QED) is 0.774. The molecule has 1 aliphatic heterocycles. The van der Waals surface area contributed by atoms with Crippen LogP contribution in [0.4, 0.5) is 11.4 Å². The first-order valence-electron chi connectivity index (χ1n) is 10.7. The van der Waals surface area contributed by atoms with Crippen molar-refractivity contribution in [2.45, 2.75) is 38.6 Å². The standard InChI is InChI=1S/C24H27N3O4/c1-27-20-12-11-19(13-21(20)31-15-22(27)28)26-24(30)18-9-7-16(8-10-18)14-25-23(29)17-5-3-2-4-6-17/h7-13,17H,2-6,14-15H2,1H3,(H,25,29)(H,26,30). The van der Waals surface area contributed by atoms with Gasteiger partial charge in [0.25, 0.3) is 11.8 Å². The summed E-state index contributed by atoms with van der Waals surface area (Å²) in [4.78, 5) is 38.1. The highest BCUT2D eigenvalue weighted by molar-refractivity contribution is 6.05. The van der Waals surface area contributed by atoms with Crippen LogP contribution >= 0.6 is 0 Å². The number of anilines is 2. The molecule has 2 aromatic carbocycles. The van der Waals surface area contributed by atoms with Gasteiger partial charge in [0.1, 0.15) is 5.75 Å². The van der Waals surface area contributed by atoms with E-state index < -0.39 is 0 Å². The molecule has 3 amide bonds. The fourth-order valence-corrected chi connectivity index (χ4v) is 4.03. The molecular weight excluding hydrogens is 394 g/mol. The first-order valence-corrected chi connectivity index (χ1v) is 10.7. The van der Waals surface area contributed by atoms with E-state index in [2.05, 4.69) is 10.6 Å². The van der Waals surface area contributed by atoms with Gasteiger partial charge >= 0.3 is 0 Å². The lowest BCUT2D eigenvalue weighted by Crippen LogP contribution is -2.35. The van der Waals surface area contributed by atoms with E-state index in [9.17, 15) is 14.4 Å². The second kappa shape index (κ2) is 9.20. The third-order valence-corrected chi connectivity index (χ3v) is 5.96. The number of rotatable bonds is 5. The normalized spacial score (nSPS) is 16.3. The van der Waals surface area contributed by atoms with Crippen molar-refractivity contribution >= 4 is 29.1 Å². The van der Waals surface area contributed by atoms with Gasteiger partial charge in [-0.25, -0.2) is 0 Å². The van der Waals surface area contributed by atoms with Crippen molar-refractivity contribution in [2.75, 3.05) is 23.9 Å². The summed E-state index contributed by atoms with van der Waals surface area (Å²) in [5.74, 6) is 0.474. The van der Waals surface area contributed by atoms with Crippen molar-refractivity contribution in [1.82, 2.24) is 5.32 Å².